The van der Waals surface area contributed by atoms with Crippen molar-refractivity contribution in [3.63, 3.8) is 0 Å². The second-order valence-corrected chi connectivity index (χ2v) is 20.6. The third kappa shape index (κ3) is 16.2. The Hall–Kier alpha value is -3.79. The van der Waals surface area contributed by atoms with Crippen molar-refractivity contribution in [3.05, 3.63) is 0 Å². The molecule has 0 aromatic rings. The first-order chi connectivity index (χ1) is 30.5. The largest absolute Gasteiger partial charge is 0.462 e. The molecule has 0 N–H and O–H groups in total. The van der Waals surface area contributed by atoms with Crippen LogP contribution in [0.1, 0.15) is 160 Å². The summed E-state index contributed by atoms with van der Waals surface area (Å²) in [6.07, 6.45) is 10.9. The van der Waals surface area contributed by atoms with E-state index in [4.69, 9.17) is 42.6 Å². The third-order valence-electron chi connectivity index (χ3n) is 14.4. The summed E-state index contributed by atoms with van der Waals surface area (Å²) in [7, 11) is 1.49. The smallest absolute Gasteiger partial charge is 0.344 e. The van der Waals surface area contributed by atoms with E-state index < -0.39 is 53.0 Å². The molecule has 4 bridgehead atoms. The SMILES string of the molecule is CCC(C)(C)C(=O)OC1CC2CC(C(=O)OCOC)C1C2.CCC(C)(C)C(=O)OCC(=O)OCC(=O)OC1(C)CCCC1.CCOCOC(=O)C1CC2CC(OC(=O)C(C)(C)CC)C1C2. The van der Waals surface area contributed by atoms with E-state index in [1.165, 1.54) is 7.11 Å². The maximum Gasteiger partial charge on any atom is 0.344 e. The molecule has 0 aromatic heterocycles. The zero-order valence-corrected chi connectivity index (χ0v) is 41.4. The first-order valence-corrected chi connectivity index (χ1v) is 23.8. The van der Waals surface area contributed by atoms with E-state index in [1.54, 1.807) is 13.8 Å². The summed E-state index contributed by atoms with van der Waals surface area (Å²) in [5, 5.41) is 0. The highest BCUT2D eigenvalue weighted by molar-refractivity contribution is 5.81. The summed E-state index contributed by atoms with van der Waals surface area (Å²) in [6.45, 7) is 20.2. The zero-order chi connectivity index (χ0) is 48.8. The molecule has 16 nitrogen and oxygen atoms in total. The van der Waals surface area contributed by atoms with E-state index in [0.717, 1.165) is 77.0 Å². The Balaban J connectivity index is 0.000000259. The highest BCUT2D eigenvalue weighted by atomic mass is 16.7. The van der Waals surface area contributed by atoms with E-state index in [9.17, 15) is 33.6 Å². The van der Waals surface area contributed by atoms with Gasteiger partial charge in [0.2, 0.25) is 0 Å². The second-order valence-electron chi connectivity index (χ2n) is 20.6. The molecule has 5 aliphatic rings. The van der Waals surface area contributed by atoms with Gasteiger partial charge in [0, 0.05) is 25.6 Å². The van der Waals surface area contributed by atoms with Gasteiger partial charge < -0.3 is 42.6 Å². The zero-order valence-electron chi connectivity index (χ0n) is 41.4. The number of ether oxygens (including phenoxy) is 9. The Morgan fingerprint density at radius 2 is 0.969 bits per heavy atom. The van der Waals surface area contributed by atoms with Crippen molar-refractivity contribution in [2.24, 2.45) is 51.8 Å². The van der Waals surface area contributed by atoms with Gasteiger partial charge in [-0.2, -0.15) is 0 Å². The normalized spacial score (nSPS) is 26.1. The van der Waals surface area contributed by atoms with Gasteiger partial charge in [0.05, 0.1) is 28.1 Å². The van der Waals surface area contributed by atoms with Crippen LogP contribution in [0.25, 0.3) is 0 Å². The highest BCUT2D eigenvalue weighted by Gasteiger charge is 2.53. The Labute approximate surface area is 386 Å². The van der Waals surface area contributed by atoms with Gasteiger partial charge in [-0.15, -0.1) is 0 Å². The summed E-state index contributed by atoms with van der Waals surface area (Å²) < 4.78 is 46.5. The van der Waals surface area contributed by atoms with E-state index in [-0.39, 0.29) is 73.3 Å². The molecule has 0 saturated heterocycles. The minimum absolute atomic E-state index is 0.0105. The number of rotatable bonds is 20. The fourth-order valence-corrected chi connectivity index (χ4v) is 8.96. The molecule has 8 unspecified atom stereocenters. The van der Waals surface area contributed by atoms with Crippen LogP contribution >= 0.6 is 0 Å². The highest BCUT2D eigenvalue weighted by Crippen LogP contribution is 2.52. The fourth-order valence-electron chi connectivity index (χ4n) is 8.96. The van der Waals surface area contributed by atoms with Crippen molar-refractivity contribution in [2.45, 2.75) is 177 Å². The number of esters is 7. The molecule has 8 atom stereocenters. The van der Waals surface area contributed by atoms with E-state index >= 15 is 0 Å². The predicted molar refractivity (Wildman–Crippen MR) is 236 cm³/mol. The third-order valence-corrected chi connectivity index (χ3v) is 14.4. The first-order valence-electron chi connectivity index (χ1n) is 23.8. The van der Waals surface area contributed by atoms with Crippen molar-refractivity contribution in [3.8, 4) is 0 Å². The maximum absolute atomic E-state index is 12.3. The number of hydrogen-bond acceptors (Lipinski definition) is 16. The molecule has 65 heavy (non-hydrogen) atoms. The van der Waals surface area contributed by atoms with E-state index in [1.807, 2.05) is 62.3 Å². The fraction of sp³-hybridized carbons (Fsp3) is 0.857. The number of hydrogen-bond donors (Lipinski definition) is 0. The van der Waals surface area contributed by atoms with Crippen LogP contribution < -0.4 is 0 Å². The quantitative estimate of drug-likeness (QED) is 0.0494. The Morgan fingerprint density at radius 1 is 0.538 bits per heavy atom. The van der Waals surface area contributed by atoms with Gasteiger partial charge >= 0.3 is 41.8 Å². The molecule has 372 valence electrons. The molecule has 5 rings (SSSR count). The molecule has 0 spiro atoms. The monoisotopic (exact) mass is 925 g/mol. The van der Waals surface area contributed by atoms with Crippen molar-refractivity contribution < 1.29 is 76.2 Å². The standard InChI is InChI=1S/C17H28O5.C16H26O6.C16H26O5/c1-5-17(3,4)16(19)22-14-9-11-7-12(14)13(8-11)15(18)21-10-20-6-2;1-5-15(2,3)14(19)21-10-12(17)20-11-13(18)22-16(4)8-6-7-9-16;1-5-16(2,3)15(18)21-13-8-10-6-11(13)12(7-10)14(17)20-9-19-4/h11-14H,5-10H2,1-4H3;5-11H2,1-4H3;10-13H,5-9H2,1-4H3. The lowest BCUT2D eigenvalue weighted by molar-refractivity contribution is -0.173. The summed E-state index contributed by atoms with van der Waals surface area (Å²) in [4.78, 5) is 83.5. The Morgan fingerprint density at radius 3 is 1.38 bits per heavy atom. The van der Waals surface area contributed by atoms with E-state index in [0.29, 0.717) is 24.9 Å². The van der Waals surface area contributed by atoms with Gasteiger partial charge in [0.15, 0.2) is 26.8 Å². The maximum atomic E-state index is 12.3. The lowest BCUT2D eigenvalue weighted by Crippen LogP contribution is -2.37. The van der Waals surface area contributed by atoms with Crippen molar-refractivity contribution in [1.29, 1.82) is 0 Å². The van der Waals surface area contributed by atoms with Crippen LogP contribution in [0.2, 0.25) is 0 Å². The molecule has 0 aliphatic heterocycles. The van der Waals surface area contributed by atoms with Gasteiger partial charge in [-0.3, -0.25) is 24.0 Å². The number of fused-ring (bicyclic) bond motifs is 4. The van der Waals surface area contributed by atoms with Crippen molar-refractivity contribution in [2.75, 3.05) is 40.5 Å². The van der Waals surface area contributed by atoms with Crippen LogP contribution in [0.15, 0.2) is 0 Å². The molecule has 0 heterocycles. The summed E-state index contributed by atoms with van der Waals surface area (Å²) in [5.74, 6) is -1.69. The lowest BCUT2D eigenvalue weighted by atomic mass is 9.86. The summed E-state index contributed by atoms with van der Waals surface area (Å²) >= 11 is 0. The average Bonchev–Trinajstić information content (AvgIpc) is 4.13. The molecule has 0 aromatic carbocycles. The number of carbonyl (C=O) groups excluding carboxylic acids is 7. The minimum atomic E-state index is -0.756. The van der Waals surface area contributed by atoms with Crippen LogP contribution in [0.5, 0.6) is 0 Å². The molecule has 16 heteroatoms. The molecule has 5 saturated carbocycles. The molecule has 0 amide bonds. The minimum Gasteiger partial charge on any atom is -0.462 e. The first kappa shape index (κ1) is 55.5. The molecule has 5 fully saturated rings. The Bertz CT molecular complexity index is 1610. The van der Waals surface area contributed by atoms with Gasteiger partial charge in [-0.1, -0.05) is 20.8 Å². The average molecular weight is 925 g/mol. The topological polar surface area (TPSA) is 203 Å². The van der Waals surface area contributed by atoms with Crippen LogP contribution in [-0.2, 0) is 76.2 Å². The lowest BCUT2D eigenvalue weighted by Gasteiger charge is -2.31. The van der Waals surface area contributed by atoms with Gasteiger partial charge in [0.1, 0.15) is 17.8 Å². The van der Waals surface area contributed by atoms with Crippen LogP contribution in [0.3, 0.4) is 0 Å². The summed E-state index contributed by atoms with van der Waals surface area (Å²) in [6, 6.07) is 0. The van der Waals surface area contributed by atoms with Gasteiger partial charge in [-0.05, 0) is 151 Å². The van der Waals surface area contributed by atoms with Gasteiger partial charge in [0.25, 0.3) is 0 Å². The van der Waals surface area contributed by atoms with Crippen molar-refractivity contribution in [1.82, 2.24) is 0 Å². The summed E-state index contributed by atoms with van der Waals surface area (Å²) in [5.41, 5.74) is -2.02. The van der Waals surface area contributed by atoms with E-state index in [2.05, 4.69) is 0 Å². The van der Waals surface area contributed by atoms with Gasteiger partial charge in [-0.25, -0.2) is 9.59 Å². The number of carbonyl (C=O) groups is 7. The molecule has 5 aliphatic carbocycles. The molecular formula is C49H80O16. The second kappa shape index (κ2) is 24.8. The van der Waals surface area contributed by atoms with Crippen LogP contribution in [-0.4, -0.2) is 100 Å². The predicted octanol–water partition coefficient (Wildman–Crippen LogP) is 7.83. The molecular weight excluding hydrogens is 845 g/mol. The molecule has 0 radical (unpaired) electrons. The van der Waals surface area contributed by atoms with Crippen LogP contribution in [0, 0.1) is 51.8 Å². The number of methoxy groups -OCH3 is 1. The van der Waals surface area contributed by atoms with Crippen LogP contribution in [0.4, 0.5) is 0 Å². The van der Waals surface area contributed by atoms with Crippen molar-refractivity contribution >= 4 is 41.8 Å². The Kier molecular flexibility index (Phi) is 21.2.